The Morgan fingerprint density at radius 3 is 2.08 bits per heavy atom. The SMILES string of the molecule is O=C(NCCCC[SiH2]OC(O)O)Nc1c(F)c(F)c(F)c(F)c1F. The van der Waals surface area contributed by atoms with Crippen LogP contribution >= 0.6 is 0 Å². The van der Waals surface area contributed by atoms with E-state index in [0.717, 1.165) is 0 Å². The Hall–Kier alpha value is -1.76. The van der Waals surface area contributed by atoms with Gasteiger partial charge in [0.25, 0.3) is 6.48 Å². The number of anilines is 1. The number of unbranched alkanes of at least 4 members (excludes halogenated alkanes) is 1. The van der Waals surface area contributed by atoms with Crippen molar-refractivity contribution in [1.82, 2.24) is 5.32 Å². The van der Waals surface area contributed by atoms with E-state index in [1.54, 1.807) is 5.32 Å². The Morgan fingerprint density at radius 2 is 1.54 bits per heavy atom. The summed E-state index contributed by atoms with van der Waals surface area (Å²) < 4.78 is 70.0. The molecule has 4 N–H and O–H groups in total. The summed E-state index contributed by atoms with van der Waals surface area (Å²) in [5, 5.41) is 20.6. The highest BCUT2D eigenvalue weighted by atomic mass is 28.2. The Balaban J connectivity index is 2.44. The lowest BCUT2D eigenvalue weighted by molar-refractivity contribution is -0.180. The van der Waals surface area contributed by atoms with E-state index in [4.69, 9.17) is 10.2 Å². The fourth-order valence-electron chi connectivity index (χ4n) is 1.67. The Kier molecular flexibility index (Phi) is 8.04. The van der Waals surface area contributed by atoms with Crippen LogP contribution in [0.1, 0.15) is 12.8 Å². The molecule has 0 aliphatic carbocycles. The number of halogens is 5. The van der Waals surface area contributed by atoms with E-state index in [1.807, 2.05) is 0 Å². The van der Waals surface area contributed by atoms with Gasteiger partial charge in [0.1, 0.15) is 5.69 Å². The monoisotopic (exact) mass is 374 g/mol. The van der Waals surface area contributed by atoms with Gasteiger partial charge in [-0.05, 0) is 12.5 Å². The smallest absolute Gasteiger partial charge is 0.319 e. The Labute approximate surface area is 135 Å². The summed E-state index contributed by atoms with van der Waals surface area (Å²) in [6, 6.07) is -0.532. The molecule has 2 amide bonds. The van der Waals surface area contributed by atoms with Crippen LogP contribution < -0.4 is 10.6 Å². The molecule has 0 unspecified atom stereocenters. The molecule has 1 aromatic carbocycles. The van der Waals surface area contributed by atoms with Crippen LogP contribution in [0.4, 0.5) is 32.4 Å². The molecule has 0 spiro atoms. The van der Waals surface area contributed by atoms with Gasteiger partial charge >= 0.3 is 6.03 Å². The highest BCUT2D eigenvalue weighted by Gasteiger charge is 2.26. The lowest BCUT2D eigenvalue weighted by atomic mass is 10.2. The van der Waals surface area contributed by atoms with Crippen molar-refractivity contribution in [3.05, 3.63) is 29.1 Å². The van der Waals surface area contributed by atoms with E-state index >= 15 is 0 Å². The van der Waals surface area contributed by atoms with Gasteiger partial charge in [-0.15, -0.1) is 0 Å². The fourth-order valence-corrected chi connectivity index (χ4v) is 2.60. The zero-order valence-electron chi connectivity index (χ0n) is 12.2. The molecule has 0 bridgehead atoms. The first-order valence-corrected chi connectivity index (χ1v) is 8.37. The van der Waals surface area contributed by atoms with Gasteiger partial charge in [0, 0.05) is 6.54 Å². The van der Waals surface area contributed by atoms with Gasteiger partial charge in [0.2, 0.25) is 5.82 Å². The van der Waals surface area contributed by atoms with Crippen molar-refractivity contribution in [2.24, 2.45) is 0 Å². The number of carbonyl (C=O) groups excluding carboxylic acids is 1. The fraction of sp³-hybridized carbons (Fsp3) is 0.417. The number of hydrogen-bond donors (Lipinski definition) is 4. The molecule has 0 aliphatic heterocycles. The molecule has 0 radical (unpaired) electrons. The lowest BCUT2D eigenvalue weighted by Crippen LogP contribution is -2.30. The zero-order chi connectivity index (χ0) is 18.3. The van der Waals surface area contributed by atoms with Crippen molar-refractivity contribution in [1.29, 1.82) is 0 Å². The summed E-state index contributed by atoms with van der Waals surface area (Å²) in [5.41, 5.74) is -1.43. The number of carbonyl (C=O) groups is 1. The largest absolute Gasteiger partial charge is 0.379 e. The molecular formula is C12H15F5N2O4Si. The number of aliphatic hydroxyl groups is 2. The standard InChI is InChI=1S/C12H15F5N2O4Si/c13-5-6(14)8(16)10(9(17)7(5)15)19-11(20)18-3-1-2-4-24-23-12(21)22/h12,21-22H,1-4,24H2,(H2,18,19,20). The van der Waals surface area contributed by atoms with E-state index in [0.29, 0.717) is 18.9 Å². The van der Waals surface area contributed by atoms with Crippen molar-refractivity contribution in [2.75, 3.05) is 11.9 Å². The van der Waals surface area contributed by atoms with E-state index in [1.165, 1.54) is 0 Å². The maximum absolute atomic E-state index is 13.3. The van der Waals surface area contributed by atoms with E-state index < -0.39 is 57.0 Å². The molecule has 0 aliphatic rings. The normalized spacial score (nSPS) is 11.5. The summed E-state index contributed by atoms with van der Waals surface area (Å²) in [6.45, 7) is -1.72. The minimum absolute atomic E-state index is 0.0807. The molecule has 1 aromatic rings. The molecule has 0 heterocycles. The van der Waals surface area contributed by atoms with Gasteiger partial charge in [-0.25, -0.2) is 26.7 Å². The van der Waals surface area contributed by atoms with Crippen molar-refractivity contribution >= 4 is 21.5 Å². The van der Waals surface area contributed by atoms with E-state index in [2.05, 4.69) is 9.74 Å². The molecule has 0 aromatic heterocycles. The van der Waals surface area contributed by atoms with Crippen LogP contribution in [-0.2, 0) is 4.43 Å². The number of nitrogens with one attached hydrogen (secondary N) is 2. The molecule has 12 heteroatoms. The van der Waals surface area contributed by atoms with Crippen molar-refractivity contribution < 1.29 is 41.4 Å². The highest BCUT2D eigenvalue weighted by molar-refractivity contribution is 6.26. The number of rotatable bonds is 8. The second-order valence-corrected chi connectivity index (χ2v) is 6.03. The molecular weight excluding hydrogens is 359 g/mol. The summed E-state index contributed by atoms with van der Waals surface area (Å²) in [4.78, 5) is 11.4. The topological polar surface area (TPSA) is 90.8 Å². The van der Waals surface area contributed by atoms with Crippen LogP contribution in [0.3, 0.4) is 0 Å². The predicted molar refractivity (Wildman–Crippen MR) is 75.1 cm³/mol. The van der Waals surface area contributed by atoms with Gasteiger partial charge in [-0.3, -0.25) is 0 Å². The summed E-state index contributed by atoms with van der Waals surface area (Å²) >= 11 is 0. The Morgan fingerprint density at radius 1 is 1.00 bits per heavy atom. The third-order valence-corrected chi connectivity index (χ3v) is 4.14. The molecule has 1 rings (SSSR count). The molecule has 6 nitrogen and oxygen atoms in total. The van der Waals surface area contributed by atoms with Crippen LogP contribution in [0, 0.1) is 29.1 Å². The molecule has 0 atom stereocenters. The summed E-state index contributed by atoms with van der Waals surface area (Å²) in [5.74, 6) is -10.9. The maximum atomic E-state index is 13.3. The number of urea groups is 1. The second-order valence-electron chi connectivity index (χ2n) is 4.58. The first-order chi connectivity index (χ1) is 11.3. The first-order valence-electron chi connectivity index (χ1n) is 6.79. The van der Waals surface area contributed by atoms with Gasteiger partial charge in [0.15, 0.2) is 33.0 Å². The van der Waals surface area contributed by atoms with E-state index in [-0.39, 0.29) is 6.54 Å². The average Bonchev–Trinajstić information content (AvgIpc) is 2.54. The minimum Gasteiger partial charge on any atom is -0.379 e. The lowest BCUT2D eigenvalue weighted by Gasteiger charge is -2.11. The maximum Gasteiger partial charge on any atom is 0.319 e. The average molecular weight is 374 g/mol. The van der Waals surface area contributed by atoms with Crippen LogP contribution in [0.2, 0.25) is 6.04 Å². The van der Waals surface area contributed by atoms with Crippen molar-refractivity contribution in [3.63, 3.8) is 0 Å². The molecule has 0 saturated carbocycles. The van der Waals surface area contributed by atoms with Crippen molar-refractivity contribution in [3.8, 4) is 0 Å². The third-order valence-electron chi connectivity index (χ3n) is 2.82. The molecule has 0 saturated heterocycles. The van der Waals surface area contributed by atoms with Crippen LogP contribution in [0.5, 0.6) is 0 Å². The molecule has 0 fully saturated rings. The first kappa shape index (κ1) is 20.3. The second kappa shape index (κ2) is 9.51. The zero-order valence-corrected chi connectivity index (χ0v) is 13.6. The van der Waals surface area contributed by atoms with E-state index in [9.17, 15) is 26.7 Å². The highest BCUT2D eigenvalue weighted by Crippen LogP contribution is 2.26. The third kappa shape index (κ3) is 5.70. The number of hydrogen-bond acceptors (Lipinski definition) is 4. The van der Waals surface area contributed by atoms with Crippen LogP contribution in [0.25, 0.3) is 0 Å². The number of benzene rings is 1. The van der Waals surface area contributed by atoms with Gasteiger partial charge in [0.05, 0.1) is 0 Å². The quantitative estimate of drug-likeness (QED) is 0.137. The number of amides is 2. The van der Waals surface area contributed by atoms with Gasteiger partial charge in [-0.2, -0.15) is 0 Å². The van der Waals surface area contributed by atoms with Crippen molar-refractivity contribution in [2.45, 2.75) is 25.4 Å². The van der Waals surface area contributed by atoms with Crippen LogP contribution in [-0.4, -0.2) is 39.0 Å². The number of aliphatic hydroxyl groups excluding tert-OH is 1. The molecule has 24 heavy (non-hydrogen) atoms. The minimum atomic E-state index is -2.31. The van der Waals surface area contributed by atoms with Crippen LogP contribution in [0.15, 0.2) is 0 Å². The van der Waals surface area contributed by atoms with Gasteiger partial charge < -0.3 is 25.3 Å². The van der Waals surface area contributed by atoms with Gasteiger partial charge in [-0.1, -0.05) is 6.42 Å². The Bertz CT molecular complexity index is 562. The summed E-state index contributed by atoms with van der Waals surface area (Å²) in [6.07, 6.45) is 1.03. The molecule has 136 valence electrons. The summed E-state index contributed by atoms with van der Waals surface area (Å²) in [7, 11) is -1.10. The predicted octanol–water partition coefficient (Wildman–Crippen LogP) is 1.07.